The van der Waals surface area contributed by atoms with E-state index in [2.05, 4.69) is 16.8 Å². The predicted octanol–water partition coefficient (Wildman–Crippen LogP) is 4.29. The number of halogens is 1. The molecule has 1 aromatic heterocycles. The Morgan fingerprint density at radius 2 is 1.92 bits per heavy atom. The van der Waals surface area contributed by atoms with Crippen LogP contribution < -0.4 is 0 Å². The molecule has 1 saturated heterocycles. The van der Waals surface area contributed by atoms with Gasteiger partial charge in [-0.25, -0.2) is 4.98 Å². The van der Waals surface area contributed by atoms with Crippen molar-refractivity contribution in [2.75, 3.05) is 19.7 Å². The lowest BCUT2D eigenvalue weighted by Gasteiger charge is -2.39. The zero-order valence-corrected chi connectivity index (χ0v) is 15.1. The van der Waals surface area contributed by atoms with Gasteiger partial charge in [0, 0.05) is 17.2 Å². The van der Waals surface area contributed by atoms with Crippen LogP contribution >= 0.6 is 11.6 Å². The maximum atomic E-state index is 9.64. The molecule has 0 unspecified atom stereocenters. The number of piperidine rings is 1. The summed E-state index contributed by atoms with van der Waals surface area (Å²) in [6.45, 7) is 7.11. The maximum absolute atomic E-state index is 9.64. The summed E-state index contributed by atoms with van der Waals surface area (Å²) in [6, 6.07) is 7.64. The number of oxazole rings is 1. The monoisotopic (exact) mass is 348 g/mol. The van der Waals surface area contributed by atoms with Crippen molar-refractivity contribution in [2.45, 2.75) is 39.7 Å². The molecule has 4 nitrogen and oxygen atoms in total. The summed E-state index contributed by atoms with van der Waals surface area (Å²) in [4.78, 5) is 6.95. The van der Waals surface area contributed by atoms with Gasteiger partial charge in [-0.15, -0.1) is 0 Å². The van der Waals surface area contributed by atoms with Gasteiger partial charge in [0.05, 0.1) is 12.2 Å². The number of hydrogen-bond donors (Lipinski definition) is 1. The average molecular weight is 349 g/mol. The van der Waals surface area contributed by atoms with Gasteiger partial charge in [0.2, 0.25) is 5.89 Å². The molecule has 0 spiro atoms. The topological polar surface area (TPSA) is 49.5 Å². The molecule has 1 N–H and O–H groups in total. The summed E-state index contributed by atoms with van der Waals surface area (Å²) in [6.07, 6.45) is 3.10. The fourth-order valence-corrected chi connectivity index (χ4v) is 3.52. The van der Waals surface area contributed by atoms with E-state index in [1.165, 1.54) is 0 Å². The number of aromatic nitrogens is 1. The van der Waals surface area contributed by atoms with Crippen LogP contribution in [0.4, 0.5) is 0 Å². The summed E-state index contributed by atoms with van der Waals surface area (Å²) < 4.78 is 6.00. The van der Waals surface area contributed by atoms with Gasteiger partial charge >= 0.3 is 0 Å². The second-order valence-corrected chi connectivity index (χ2v) is 7.25. The number of aryl methyl sites for hydroxylation is 1. The van der Waals surface area contributed by atoms with Crippen molar-refractivity contribution in [1.82, 2.24) is 9.88 Å². The van der Waals surface area contributed by atoms with E-state index in [1.54, 1.807) is 0 Å². The standard InChI is InChI=1S/C19H25ClN2O2/c1-3-19(13-23)8-10-22(11-9-19)12-17-21-14(2)18(24-17)15-4-6-16(20)7-5-15/h4-7,23H,3,8-13H2,1-2H3. The Morgan fingerprint density at radius 1 is 1.25 bits per heavy atom. The van der Waals surface area contributed by atoms with Gasteiger partial charge in [-0.3, -0.25) is 4.90 Å². The number of benzene rings is 1. The van der Waals surface area contributed by atoms with E-state index >= 15 is 0 Å². The smallest absolute Gasteiger partial charge is 0.209 e. The molecule has 0 amide bonds. The number of rotatable bonds is 5. The van der Waals surface area contributed by atoms with Crippen LogP contribution in [0.3, 0.4) is 0 Å². The third kappa shape index (κ3) is 3.66. The van der Waals surface area contributed by atoms with Crippen molar-refractivity contribution in [2.24, 2.45) is 5.41 Å². The van der Waals surface area contributed by atoms with Crippen molar-refractivity contribution in [1.29, 1.82) is 0 Å². The highest BCUT2D eigenvalue weighted by Crippen LogP contribution is 2.35. The zero-order valence-electron chi connectivity index (χ0n) is 14.4. The van der Waals surface area contributed by atoms with Crippen LogP contribution in [0.5, 0.6) is 0 Å². The molecule has 0 atom stereocenters. The summed E-state index contributed by atoms with van der Waals surface area (Å²) in [5, 5.41) is 10.4. The fraction of sp³-hybridized carbons (Fsp3) is 0.526. The number of likely N-dealkylation sites (tertiary alicyclic amines) is 1. The Bertz CT molecular complexity index is 667. The second kappa shape index (κ2) is 7.26. The van der Waals surface area contributed by atoms with E-state index < -0.39 is 0 Å². The van der Waals surface area contributed by atoms with Gasteiger partial charge in [0.25, 0.3) is 0 Å². The minimum Gasteiger partial charge on any atom is -0.439 e. The first-order chi connectivity index (χ1) is 11.5. The number of hydrogen-bond acceptors (Lipinski definition) is 4. The van der Waals surface area contributed by atoms with Crippen LogP contribution in [0, 0.1) is 12.3 Å². The average Bonchev–Trinajstić information content (AvgIpc) is 2.97. The van der Waals surface area contributed by atoms with E-state index in [1.807, 2.05) is 31.2 Å². The summed E-state index contributed by atoms with van der Waals surface area (Å²) in [5.41, 5.74) is 2.01. The van der Waals surface area contributed by atoms with Crippen molar-refractivity contribution in [3.05, 3.63) is 40.9 Å². The van der Waals surface area contributed by atoms with E-state index in [-0.39, 0.29) is 12.0 Å². The minimum atomic E-state index is 0.109. The fourth-order valence-electron chi connectivity index (χ4n) is 3.39. The molecule has 0 saturated carbocycles. The molecule has 130 valence electrons. The molecule has 1 fully saturated rings. The molecule has 1 aliphatic heterocycles. The van der Waals surface area contributed by atoms with Gasteiger partial charge < -0.3 is 9.52 Å². The SMILES string of the molecule is CCC1(CO)CCN(Cc2nc(C)c(-c3ccc(Cl)cc3)o2)CC1. The van der Waals surface area contributed by atoms with Crippen LogP contribution in [0.15, 0.2) is 28.7 Å². The molecule has 0 bridgehead atoms. The zero-order chi connectivity index (χ0) is 17.2. The Kier molecular flexibility index (Phi) is 5.28. The highest BCUT2D eigenvalue weighted by atomic mass is 35.5. The molecular formula is C19H25ClN2O2. The molecule has 2 heterocycles. The van der Waals surface area contributed by atoms with Crippen molar-refractivity contribution in [3.63, 3.8) is 0 Å². The van der Waals surface area contributed by atoms with Crippen LogP contribution in [0.1, 0.15) is 37.8 Å². The molecule has 0 radical (unpaired) electrons. The lowest BCUT2D eigenvalue weighted by molar-refractivity contribution is 0.0355. The van der Waals surface area contributed by atoms with Gasteiger partial charge in [-0.2, -0.15) is 0 Å². The van der Waals surface area contributed by atoms with Crippen LogP contribution in [-0.4, -0.2) is 34.7 Å². The second-order valence-electron chi connectivity index (χ2n) is 6.82. The largest absolute Gasteiger partial charge is 0.439 e. The van der Waals surface area contributed by atoms with Gasteiger partial charge in [-0.1, -0.05) is 18.5 Å². The van der Waals surface area contributed by atoms with E-state index in [0.717, 1.165) is 61.8 Å². The molecular weight excluding hydrogens is 324 g/mol. The first-order valence-electron chi connectivity index (χ1n) is 8.61. The van der Waals surface area contributed by atoms with Crippen molar-refractivity contribution >= 4 is 11.6 Å². The number of aliphatic hydroxyl groups is 1. The summed E-state index contributed by atoms with van der Waals surface area (Å²) in [7, 11) is 0. The molecule has 24 heavy (non-hydrogen) atoms. The Balaban J connectivity index is 1.67. The van der Waals surface area contributed by atoms with Crippen LogP contribution in [0.2, 0.25) is 5.02 Å². The molecule has 5 heteroatoms. The highest BCUT2D eigenvalue weighted by Gasteiger charge is 2.32. The van der Waals surface area contributed by atoms with Crippen LogP contribution in [-0.2, 0) is 6.54 Å². The highest BCUT2D eigenvalue weighted by molar-refractivity contribution is 6.30. The number of aliphatic hydroxyl groups excluding tert-OH is 1. The molecule has 2 aromatic rings. The third-order valence-corrected chi connectivity index (χ3v) is 5.56. The molecule has 3 rings (SSSR count). The Morgan fingerprint density at radius 3 is 2.50 bits per heavy atom. The normalized spacial score (nSPS) is 18.0. The van der Waals surface area contributed by atoms with E-state index in [9.17, 15) is 5.11 Å². The quantitative estimate of drug-likeness (QED) is 0.875. The third-order valence-electron chi connectivity index (χ3n) is 5.31. The molecule has 0 aliphatic carbocycles. The summed E-state index contributed by atoms with van der Waals surface area (Å²) >= 11 is 5.95. The lowest BCUT2D eigenvalue weighted by atomic mass is 9.77. The minimum absolute atomic E-state index is 0.109. The van der Waals surface area contributed by atoms with Gasteiger partial charge in [0.1, 0.15) is 0 Å². The Labute approximate surface area is 148 Å². The first-order valence-corrected chi connectivity index (χ1v) is 8.98. The van der Waals surface area contributed by atoms with E-state index in [4.69, 9.17) is 16.0 Å². The van der Waals surface area contributed by atoms with E-state index in [0.29, 0.717) is 5.02 Å². The van der Waals surface area contributed by atoms with Gasteiger partial charge in [-0.05, 0) is 69.0 Å². The predicted molar refractivity (Wildman–Crippen MR) is 96.0 cm³/mol. The van der Waals surface area contributed by atoms with Crippen molar-refractivity contribution in [3.8, 4) is 11.3 Å². The maximum Gasteiger partial charge on any atom is 0.209 e. The Hall–Kier alpha value is -1.36. The number of nitrogens with zero attached hydrogens (tertiary/aromatic N) is 2. The summed E-state index contributed by atoms with van der Waals surface area (Å²) in [5.74, 6) is 1.57. The van der Waals surface area contributed by atoms with Gasteiger partial charge in [0.15, 0.2) is 5.76 Å². The molecule has 1 aromatic carbocycles. The molecule has 1 aliphatic rings. The van der Waals surface area contributed by atoms with Crippen molar-refractivity contribution < 1.29 is 9.52 Å². The first kappa shape index (κ1) is 17.5. The van der Waals surface area contributed by atoms with Crippen LogP contribution in [0.25, 0.3) is 11.3 Å². The lowest BCUT2D eigenvalue weighted by Crippen LogP contribution is -2.41.